The van der Waals surface area contributed by atoms with Crippen molar-refractivity contribution in [1.29, 1.82) is 0 Å². The monoisotopic (exact) mass is 206 g/mol. The van der Waals surface area contributed by atoms with E-state index in [4.69, 9.17) is 17.3 Å². The maximum Gasteiger partial charge on any atom is 0.139 e. The first-order valence-electron chi connectivity index (χ1n) is 2.27. The van der Waals surface area contributed by atoms with Crippen LogP contribution in [0.3, 0.4) is 0 Å². The maximum atomic E-state index is 5.50. The van der Waals surface area contributed by atoms with E-state index in [1.165, 1.54) is 0 Å². The molecular formula is C5H4BrClN2. The van der Waals surface area contributed by atoms with Crippen molar-refractivity contribution >= 4 is 33.3 Å². The quantitative estimate of drug-likeness (QED) is 0.662. The lowest BCUT2D eigenvalue weighted by atomic mass is 10.5. The lowest BCUT2D eigenvalue weighted by Crippen LogP contribution is -1.90. The van der Waals surface area contributed by atoms with E-state index < -0.39 is 0 Å². The zero-order valence-corrected chi connectivity index (χ0v) is 6.78. The van der Waals surface area contributed by atoms with Gasteiger partial charge in [0.25, 0.3) is 0 Å². The van der Waals surface area contributed by atoms with Crippen molar-refractivity contribution in [1.82, 2.24) is 4.98 Å². The van der Waals surface area contributed by atoms with E-state index in [1.54, 1.807) is 12.1 Å². The molecule has 1 aromatic heterocycles. The molecule has 0 aliphatic heterocycles. The zero-order valence-electron chi connectivity index (χ0n) is 4.44. The molecule has 48 valence electrons. The molecule has 0 bridgehead atoms. The molecule has 0 aliphatic rings. The minimum absolute atomic E-state index is 0.413. The topological polar surface area (TPSA) is 38.9 Å². The highest BCUT2D eigenvalue weighted by Crippen LogP contribution is 2.18. The second-order valence-electron chi connectivity index (χ2n) is 1.50. The van der Waals surface area contributed by atoms with Crippen LogP contribution in [0.15, 0.2) is 16.6 Å². The van der Waals surface area contributed by atoms with Gasteiger partial charge in [0.05, 0.1) is 4.47 Å². The molecule has 0 aromatic carbocycles. The van der Waals surface area contributed by atoms with E-state index in [1.807, 2.05) is 0 Å². The highest BCUT2D eigenvalue weighted by molar-refractivity contribution is 9.10. The Labute approximate surface area is 66.2 Å². The largest absolute Gasteiger partial charge is 0.383 e. The van der Waals surface area contributed by atoms with Crippen LogP contribution in [0.4, 0.5) is 5.82 Å². The maximum absolute atomic E-state index is 5.50. The number of halogens is 2. The predicted octanol–water partition coefficient (Wildman–Crippen LogP) is 2.08. The van der Waals surface area contributed by atoms with Crippen LogP contribution in [0.2, 0.25) is 5.15 Å². The third kappa shape index (κ3) is 1.56. The van der Waals surface area contributed by atoms with E-state index in [0.717, 1.165) is 4.47 Å². The molecule has 0 saturated heterocycles. The molecule has 2 N–H and O–H groups in total. The van der Waals surface area contributed by atoms with Gasteiger partial charge in [-0.25, -0.2) is 4.98 Å². The first-order valence-corrected chi connectivity index (χ1v) is 3.45. The highest BCUT2D eigenvalue weighted by atomic mass is 79.9. The summed E-state index contributed by atoms with van der Waals surface area (Å²) in [5, 5.41) is 0.413. The molecule has 0 fully saturated rings. The standard InChI is InChI=1S/C5H4BrClN2/c6-3-1-2-4(7)9-5(3)8/h1-2H,(H2,8,9). The van der Waals surface area contributed by atoms with Crippen LogP contribution in [0.1, 0.15) is 0 Å². The predicted molar refractivity (Wildman–Crippen MR) is 41.4 cm³/mol. The summed E-state index contributed by atoms with van der Waals surface area (Å²) < 4.78 is 0.770. The smallest absolute Gasteiger partial charge is 0.139 e. The molecule has 0 atom stereocenters. The minimum atomic E-state index is 0.413. The summed E-state index contributed by atoms with van der Waals surface area (Å²) in [6.07, 6.45) is 0. The third-order valence-corrected chi connectivity index (χ3v) is 1.72. The summed E-state index contributed by atoms with van der Waals surface area (Å²) in [6.45, 7) is 0. The Hall–Kier alpha value is -0.280. The Morgan fingerprint density at radius 1 is 1.56 bits per heavy atom. The third-order valence-electron chi connectivity index (χ3n) is 0.839. The Morgan fingerprint density at radius 3 is 2.67 bits per heavy atom. The van der Waals surface area contributed by atoms with Gasteiger partial charge < -0.3 is 5.73 Å². The fraction of sp³-hybridized carbons (Fsp3) is 0. The van der Waals surface area contributed by atoms with Crippen LogP contribution in [0.25, 0.3) is 0 Å². The van der Waals surface area contributed by atoms with Crippen LogP contribution < -0.4 is 5.73 Å². The van der Waals surface area contributed by atoms with Crippen molar-refractivity contribution in [2.45, 2.75) is 0 Å². The van der Waals surface area contributed by atoms with Gasteiger partial charge in [-0.1, -0.05) is 11.6 Å². The highest BCUT2D eigenvalue weighted by Gasteiger charge is 1.94. The van der Waals surface area contributed by atoms with Crippen molar-refractivity contribution in [2.24, 2.45) is 0 Å². The summed E-state index contributed by atoms with van der Waals surface area (Å²) >= 11 is 8.69. The molecule has 1 rings (SSSR count). The SMILES string of the molecule is Nc1nc(Cl)ccc1Br. The molecular weight excluding hydrogens is 203 g/mol. The van der Waals surface area contributed by atoms with Crippen molar-refractivity contribution in [3.63, 3.8) is 0 Å². The van der Waals surface area contributed by atoms with Gasteiger partial charge in [-0.3, -0.25) is 0 Å². The molecule has 0 spiro atoms. The van der Waals surface area contributed by atoms with Gasteiger partial charge in [-0.2, -0.15) is 0 Å². The molecule has 0 unspecified atom stereocenters. The summed E-state index contributed by atoms with van der Waals surface area (Å²) in [4.78, 5) is 3.77. The number of nitrogens with zero attached hydrogens (tertiary/aromatic N) is 1. The van der Waals surface area contributed by atoms with E-state index in [2.05, 4.69) is 20.9 Å². The molecule has 4 heteroatoms. The van der Waals surface area contributed by atoms with E-state index in [9.17, 15) is 0 Å². The second-order valence-corrected chi connectivity index (χ2v) is 2.74. The Morgan fingerprint density at radius 2 is 2.22 bits per heavy atom. The lowest BCUT2D eigenvalue weighted by molar-refractivity contribution is 1.32. The Bertz CT molecular complexity index is 226. The Kier molecular flexibility index (Phi) is 1.93. The van der Waals surface area contributed by atoms with Crippen molar-refractivity contribution in [3.8, 4) is 0 Å². The first kappa shape index (κ1) is 6.83. The average Bonchev–Trinajstić information content (AvgIpc) is 1.80. The van der Waals surface area contributed by atoms with Crippen LogP contribution >= 0.6 is 27.5 Å². The number of aromatic nitrogens is 1. The number of pyridine rings is 1. The van der Waals surface area contributed by atoms with E-state index >= 15 is 0 Å². The fourth-order valence-electron chi connectivity index (χ4n) is 0.433. The van der Waals surface area contributed by atoms with Crippen molar-refractivity contribution in [3.05, 3.63) is 21.8 Å². The number of hydrogen-bond acceptors (Lipinski definition) is 2. The second kappa shape index (κ2) is 2.54. The van der Waals surface area contributed by atoms with Crippen molar-refractivity contribution in [2.75, 3.05) is 5.73 Å². The summed E-state index contributed by atoms with van der Waals surface area (Å²) in [5.74, 6) is 0.419. The number of rotatable bonds is 0. The molecule has 0 saturated carbocycles. The number of nitrogens with two attached hydrogens (primary N) is 1. The summed E-state index contributed by atoms with van der Waals surface area (Å²) in [7, 11) is 0. The van der Waals surface area contributed by atoms with Crippen molar-refractivity contribution < 1.29 is 0 Å². The lowest BCUT2D eigenvalue weighted by Gasteiger charge is -1.94. The zero-order chi connectivity index (χ0) is 6.85. The number of nitrogen functional groups attached to an aromatic ring is 1. The van der Waals surface area contributed by atoms with Gasteiger partial charge in [-0.05, 0) is 28.1 Å². The molecule has 0 radical (unpaired) electrons. The van der Waals surface area contributed by atoms with Crippen LogP contribution in [0.5, 0.6) is 0 Å². The summed E-state index contributed by atoms with van der Waals surface area (Å²) in [6, 6.07) is 3.42. The van der Waals surface area contributed by atoms with Gasteiger partial charge in [0, 0.05) is 0 Å². The first-order chi connectivity index (χ1) is 4.20. The molecule has 2 nitrogen and oxygen atoms in total. The van der Waals surface area contributed by atoms with Gasteiger partial charge in [0.2, 0.25) is 0 Å². The minimum Gasteiger partial charge on any atom is -0.383 e. The van der Waals surface area contributed by atoms with E-state index in [0.29, 0.717) is 11.0 Å². The fourth-order valence-corrected chi connectivity index (χ4v) is 0.808. The molecule has 0 aliphatic carbocycles. The molecule has 1 heterocycles. The average molecular weight is 207 g/mol. The number of hydrogen-bond donors (Lipinski definition) is 1. The molecule has 1 aromatic rings. The molecule has 0 amide bonds. The van der Waals surface area contributed by atoms with Gasteiger partial charge in [0.1, 0.15) is 11.0 Å². The summed E-state index contributed by atoms with van der Waals surface area (Å²) in [5.41, 5.74) is 5.38. The van der Waals surface area contributed by atoms with Crippen LogP contribution in [0, 0.1) is 0 Å². The van der Waals surface area contributed by atoms with E-state index in [-0.39, 0.29) is 0 Å². The van der Waals surface area contributed by atoms with Gasteiger partial charge in [0.15, 0.2) is 0 Å². The van der Waals surface area contributed by atoms with Gasteiger partial charge >= 0.3 is 0 Å². The number of anilines is 1. The van der Waals surface area contributed by atoms with Gasteiger partial charge in [-0.15, -0.1) is 0 Å². The Balaban J connectivity index is 3.17. The van der Waals surface area contributed by atoms with Crippen LogP contribution in [-0.2, 0) is 0 Å². The van der Waals surface area contributed by atoms with Crippen LogP contribution in [-0.4, -0.2) is 4.98 Å². The molecule has 9 heavy (non-hydrogen) atoms. The normalized spacial score (nSPS) is 9.56.